The molecule has 30 heavy (non-hydrogen) atoms. The fourth-order valence-electron chi connectivity index (χ4n) is 3.03. The van der Waals surface area contributed by atoms with Crippen LogP contribution in [0.1, 0.15) is 24.1 Å². The lowest BCUT2D eigenvalue weighted by Gasteiger charge is -2.24. The molecule has 1 N–H and O–H groups in total. The largest absolute Gasteiger partial charge is 0.490 e. The zero-order valence-electron chi connectivity index (χ0n) is 16.5. The molecule has 1 unspecified atom stereocenters. The predicted octanol–water partition coefficient (Wildman–Crippen LogP) is 2.68. The maximum absolute atomic E-state index is 10.6. The second kappa shape index (κ2) is 9.41. The third kappa shape index (κ3) is 6.41. The monoisotopic (exact) mass is 427 g/mol. The van der Waals surface area contributed by atoms with Gasteiger partial charge in [-0.25, -0.2) is 14.8 Å². The molecular formula is C19H24F3N5O3. The van der Waals surface area contributed by atoms with Crippen LogP contribution in [0.15, 0.2) is 24.7 Å². The molecule has 2 aromatic heterocycles. The highest BCUT2D eigenvalue weighted by atomic mass is 19.4. The van der Waals surface area contributed by atoms with Crippen molar-refractivity contribution in [3.8, 4) is 0 Å². The zero-order chi connectivity index (χ0) is 21.7. The molecule has 0 bridgehead atoms. The Balaban J connectivity index is 0.000000318. The first-order chi connectivity index (χ1) is 14.2. The third-order valence-corrected chi connectivity index (χ3v) is 4.76. The molecule has 8 nitrogen and oxygen atoms in total. The van der Waals surface area contributed by atoms with Crippen molar-refractivity contribution in [3.63, 3.8) is 0 Å². The maximum Gasteiger partial charge on any atom is 0.490 e. The first-order valence-corrected chi connectivity index (χ1v) is 9.64. The Hall–Kier alpha value is -2.69. The third-order valence-electron chi connectivity index (χ3n) is 4.76. The van der Waals surface area contributed by atoms with Gasteiger partial charge >= 0.3 is 12.1 Å². The van der Waals surface area contributed by atoms with Gasteiger partial charge in [0.2, 0.25) is 5.95 Å². The average molecular weight is 427 g/mol. The number of carboxylic acid groups (broad SMARTS) is 1. The van der Waals surface area contributed by atoms with E-state index >= 15 is 0 Å². The van der Waals surface area contributed by atoms with Crippen molar-refractivity contribution in [2.24, 2.45) is 11.8 Å². The molecule has 0 saturated heterocycles. The van der Waals surface area contributed by atoms with Gasteiger partial charge in [-0.1, -0.05) is 0 Å². The van der Waals surface area contributed by atoms with Crippen LogP contribution in [0.4, 0.5) is 19.1 Å². The van der Waals surface area contributed by atoms with Crippen LogP contribution in [0.25, 0.3) is 0 Å². The summed E-state index contributed by atoms with van der Waals surface area (Å²) in [5, 5.41) is 11.6. The summed E-state index contributed by atoms with van der Waals surface area (Å²) in [6.45, 7) is 6.28. The molecule has 2 aliphatic rings. The minimum Gasteiger partial charge on any atom is -0.475 e. The molecule has 0 amide bonds. The number of anilines is 1. The van der Waals surface area contributed by atoms with Crippen LogP contribution in [-0.4, -0.2) is 56.8 Å². The molecule has 1 aliphatic heterocycles. The number of rotatable bonds is 5. The zero-order valence-corrected chi connectivity index (χ0v) is 16.5. The van der Waals surface area contributed by atoms with Gasteiger partial charge in [0, 0.05) is 44.2 Å². The summed E-state index contributed by atoms with van der Waals surface area (Å²) in [4.78, 5) is 20.1. The van der Waals surface area contributed by atoms with Gasteiger partial charge in [-0.2, -0.15) is 18.3 Å². The molecular weight excluding hydrogens is 403 g/mol. The highest BCUT2D eigenvalue weighted by Crippen LogP contribution is 2.29. The van der Waals surface area contributed by atoms with Gasteiger partial charge in [0.1, 0.15) is 0 Å². The molecule has 0 aromatic carbocycles. The van der Waals surface area contributed by atoms with Crippen molar-refractivity contribution >= 4 is 11.9 Å². The quantitative estimate of drug-likeness (QED) is 0.784. The summed E-state index contributed by atoms with van der Waals surface area (Å²) in [7, 11) is 0. The van der Waals surface area contributed by atoms with Gasteiger partial charge in [-0.05, 0) is 37.3 Å². The number of hydrogen-bond acceptors (Lipinski definition) is 6. The van der Waals surface area contributed by atoms with Crippen LogP contribution in [0, 0.1) is 18.8 Å². The second-order valence-electron chi connectivity index (χ2n) is 7.60. The smallest absolute Gasteiger partial charge is 0.475 e. The molecule has 1 fully saturated rings. The fraction of sp³-hybridized carbons (Fsp3) is 0.579. The first-order valence-electron chi connectivity index (χ1n) is 9.64. The van der Waals surface area contributed by atoms with E-state index in [-0.39, 0.29) is 0 Å². The number of nitrogens with zero attached hydrogens (tertiary/aromatic N) is 5. The topological polar surface area (TPSA) is 93.4 Å². The predicted molar refractivity (Wildman–Crippen MR) is 101 cm³/mol. The lowest BCUT2D eigenvalue weighted by Crippen LogP contribution is -2.31. The Kier molecular flexibility index (Phi) is 6.91. The highest BCUT2D eigenvalue weighted by Gasteiger charge is 2.38. The normalized spacial score (nSPS) is 18.8. The molecule has 11 heteroatoms. The van der Waals surface area contributed by atoms with Crippen molar-refractivity contribution < 1.29 is 27.8 Å². The van der Waals surface area contributed by atoms with E-state index in [1.165, 1.54) is 18.5 Å². The number of aromatic nitrogens is 4. The number of carbonyl (C=O) groups is 1. The van der Waals surface area contributed by atoms with E-state index in [1.807, 2.05) is 25.5 Å². The molecule has 2 aromatic rings. The molecule has 164 valence electrons. The van der Waals surface area contributed by atoms with Crippen LogP contribution in [0.3, 0.4) is 0 Å². The lowest BCUT2D eigenvalue weighted by atomic mass is 10.1. The number of carboxylic acids is 1. The summed E-state index contributed by atoms with van der Waals surface area (Å²) in [5.41, 5.74) is 2.29. The number of halogens is 3. The number of alkyl halides is 3. The van der Waals surface area contributed by atoms with Crippen molar-refractivity contribution in [2.45, 2.75) is 39.0 Å². The molecule has 0 spiro atoms. The number of ether oxygens (including phenoxy) is 1. The summed E-state index contributed by atoms with van der Waals surface area (Å²) in [6, 6.07) is 2.08. The van der Waals surface area contributed by atoms with Gasteiger partial charge in [0.05, 0.1) is 18.8 Å². The summed E-state index contributed by atoms with van der Waals surface area (Å²) in [5.74, 6) is -0.762. The minimum absolute atomic E-state index is 0.403. The first kappa shape index (κ1) is 22.0. The molecule has 0 radical (unpaired) electrons. The van der Waals surface area contributed by atoms with Crippen LogP contribution < -0.4 is 4.90 Å². The molecule has 1 aliphatic carbocycles. The van der Waals surface area contributed by atoms with Crippen LogP contribution >= 0.6 is 0 Å². The van der Waals surface area contributed by atoms with Crippen molar-refractivity contribution in [2.75, 3.05) is 24.7 Å². The Labute approximate surface area is 171 Å². The van der Waals surface area contributed by atoms with Gasteiger partial charge < -0.3 is 14.7 Å². The van der Waals surface area contributed by atoms with E-state index in [9.17, 15) is 13.2 Å². The van der Waals surface area contributed by atoms with Crippen LogP contribution in [0.5, 0.6) is 0 Å². The minimum atomic E-state index is -5.08. The second-order valence-corrected chi connectivity index (χ2v) is 7.60. The standard InChI is InChI=1S/C17H23N5O.C2HF3O2/c1-13-6-18-17(19-7-13)21-8-15(12-23-11-14-2-3-14)9-22-16(10-21)4-5-20-22;3-2(4,5)1(6)7/h4-7,14-15H,2-3,8-12H2,1H3;(H,6,7). The Morgan fingerprint density at radius 1 is 1.20 bits per heavy atom. The summed E-state index contributed by atoms with van der Waals surface area (Å²) >= 11 is 0. The van der Waals surface area contributed by atoms with E-state index < -0.39 is 12.1 Å². The maximum atomic E-state index is 10.6. The van der Waals surface area contributed by atoms with Gasteiger partial charge in [0.25, 0.3) is 0 Å². The van der Waals surface area contributed by atoms with E-state index in [0.717, 1.165) is 50.3 Å². The van der Waals surface area contributed by atoms with Crippen molar-refractivity contribution in [3.05, 3.63) is 35.9 Å². The van der Waals surface area contributed by atoms with Gasteiger partial charge in [-0.3, -0.25) is 4.68 Å². The number of aliphatic carboxylic acids is 1. The average Bonchev–Trinajstić information content (AvgIpc) is 3.44. The van der Waals surface area contributed by atoms with Crippen LogP contribution in [0.2, 0.25) is 0 Å². The lowest BCUT2D eigenvalue weighted by molar-refractivity contribution is -0.192. The number of fused-ring (bicyclic) bond motifs is 1. The van der Waals surface area contributed by atoms with Crippen LogP contribution in [-0.2, 0) is 22.6 Å². The number of aryl methyl sites for hydroxylation is 1. The van der Waals surface area contributed by atoms with E-state index in [1.54, 1.807) is 0 Å². The summed E-state index contributed by atoms with van der Waals surface area (Å²) < 4.78 is 39.8. The van der Waals surface area contributed by atoms with Gasteiger partial charge in [-0.15, -0.1) is 0 Å². The van der Waals surface area contributed by atoms with E-state index in [2.05, 4.69) is 30.7 Å². The molecule has 3 heterocycles. The SMILES string of the molecule is Cc1cnc(N2Cc3ccnn3CC(COCC3CC3)C2)nc1.O=C(O)C(F)(F)F. The van der Waals surface area contributed by atoms with E-state index in [0.29, 0.717) is 5.92 Å². The summed E-state index contributed by atoms with van der Waals surface area (Å²) in [6.07, 6.45) is 3.21. The molecule has 4 rings (SSSR count). The molecule has 1 saturated carbocycles. The van der Waals surface area contributed by atoms with Gasteiger partial charge in [0.15, 0.2) is 0 Å². The molecule has 1 atom stereocenters. The number of hydrogen-bond donors (Lipinski definition) is 1. The van der Waals surface area contributed by atoms with E-state index in [4.69, 9.17) is 14.6 Å². The Bertz CT molecular complexity index is 837. The Morgan fingerprint density at radius 2 is 1.83 bits per heavy atom. The van der Waals surface area contributed by atoms with Crippen molar-refractivity contribution in [1.29, 1.82) is 0 Å². The van der Waals surface area contributed by atoms with Crippen molar-refractivity contribution in [1.82, 2.24) is 19.7 Å². The Morgan fingerprint density at radius 3 is 2.43 bits per heavy atom. The highest BCUT2D eigenvalue weighted by molar-refractivity contribution is 5.73. The fourth-order valence-corrected chi connectivity index (χ4v) is 3.03.